The van der Waals surface area contributed by atoms with Crippen LogP contribution in [0.5, 0.6) is 0 Å². The summed E-state index contributed by atoms with van der Waals surface area (Å²) in [6.07, 6.45) is 2.16. The van der Waals surface area contributed by atoms with Gasteiger partial charge in [-0.1, -0.05) is 0 Å². The van der Waals surface area contributed by atoms with Gasteiger partial charge in [-0.25, -0.2) is 9.67 Å². The van der Waals surface area contributed by atoms with Gasteiger partial charge in [0.25, 0.3) is 0 Å². The van der Waals surface area contributed by atoms with Gasteiger partial charge in [0.05, 0.1) is 6.04 Å². The Balaban J connectivity index is 2.43. The van der Waals surface area contributed by atoms with Crippen LogP contribution in [-0.2, 0) is 6.54 Å². The number of aromatic nitrogens is 3. The summed E-state index contributed by atoms with van der Waals surface area (Å²) in [6, 6.07) is 0.102. The van der Waals surface area contributed by atoms with Crippen LogP contribution in [-0.4, -0.2) is 14.8 Å². The predicted molar refractivity (Wildman–Crippen MR) is 40.9 cm³/mol. The molecule has 1 aliphatic heterocycles. The molecule has 1 aromatic heterocycles. The van der Waals surface area contributed by atoms with Gasteiger partial charge in [0.1, 0.15) is 11.6 Å². The number of fused-ring (bicyclic) bond motifs is 1. The van der Waals surface area contributed by atoms with Gasteiger partial charge in [0.2, 0.25) is 0 Å². The molecule has 0 aliphatic carbocycles. The van der Waals surface area contributed by atoms with Gasteiger partial charge < -0.3 is 5.73 Å². The van der Waals surface area contributed by atoms with Crippen molar-refractivity contribution in [1.29, 1.82) is 0 Å². The smallest absolute Gasteiger partial charge is 0.147 e. The van der Waals surface area contributed by atoms with Crippen molar-refractivity contribution in [3.63, 3.8) is 0 Å². The van der Waals surface area contributed by atoms with Crippen LogP contribution < -0.4 is 5.73 Å². The number of aryl methyl sites for hydroxylation is 2. The van der Waals surface area contributed by atoms with E-state index in [9.17, 15) is 0 Å². The second kappa shape index (κ2) is 2.30. The Kier molecular flexibility index (Phi) is 1.42. The minimum absolute atomic E-state index is 0.102. The highest BCUT2D eigenvalue weighted by Gasteiger charge is 2.19. The normalized spacial score (nSPS) is 23.3. The van der Waals surface area contributed by atoms with E-state index in [1.165, 1.54) is 0 Å². The van der Waals surface area contributed by atoms with E-state index in [4.69, 9.17) is 5.73 Å². The molecule has 1 aromatic rings. The van der Waals surface area contributed by atoms with Crippen LogP contribution in [0.4, 0.5) is 0 Å². The van der Waals surface area contributed by atoms with E-state index in [-0.39, 0.29) is 6.04 Å². The van der Waals surface area contributed by atoms with Crippen LogP contribution in [0.15, 0.2) is 0 Å². The highest BCUT2D eigenvalue weighted by atomic mass is 15.4. The van der Waals surface area contributed by atoms with E-state index < -0.39 is 0 Å². The Hall–Kier alpha value is -0.900. The second-order valence-electron chi connectivity index (χ2n) is 2.99. The summed E-state index contributed by atoms with van der Waals surface area (Å²) in [5.74, 6) is 1.78. The Morgan fingerprint density at radius 2 is 2.45 bits per heavy atom. The van der Waals surface area contributed by atoms with Crippen molar-refractivity contribution in [3.05, 3.63) is 11.6 Å². The average Bonchev–Trinajstić information content (AvgIpc) is 2.31. The third-order valence-electron chi connectivity index (χ3n) is 2.02. The standard InChI is InChI=1S/C7H12N4/c1-5-9-7-6(8)3-2-4-11(7)10-5/h6H,2-4,8H2,1H3/t6-/m1/s1. The molecule has 0 radical (unpaired) electrons. The van der Waals surface area contributed by atoms with Crippen molar-refractivity contribution in [2.75, 3.05) is 0 Å². The fourth-order valence-electron chi connectivity index (χ4n) is 1.50. The molecule has 0 amide bonds. The molecule has 0 spiro atoms. The number of hydrogen-bond acceptors (Lipinski definition) is 3. The van der Waals surface area contributed by atoms with E-state index in [0.717, 1.165) is 31.0 Å². The number of nitrogens with zero attached hydrogens (tertiary/aromatic N) is 3. The van der Waals surface area contributed by atoms with Crippen LogP contribution >= 0.6 is 0 Å². The van der Waals surface area contributed by atoms with Gasteiger partial charge in [-0.2, -0.15) is 5.10 Å². The maximum Gasteiger partial charge on any atom is 0.147 e. The van der Waals surface area contributed by atoms with Crippen LogP contribution in [0.25, 0.3) is 0 Å². The summed E-state index contributed by atoms with van der Waals surface area (Å²) in [6.45, 7) is 2.88. The summed E-state index contributed by atoms with van der Waals surface area (Å²) in [5.41, 5.74) is 5.84. The molecule has 2 heterocycles. The summed E-state index contributed by atoms with van der Waals surface area (Å²) in [7, 11) is 0. The maximum absolute atomic E-state index is 5.84. The fraction of sp³-hybridized carbons (Fsp3) is 0.714. The lowest BCUT2D eigenvalue weighted by molar-refractivity contribution is 0.422. The summed E-state index contributed by atoms with van der Waals surface area (Å²) in [4.78, 5) is 4.26. The van der Waals surface area contributed by atoms with Crippen LogP contribution in [0.1, 0.15) is 30.5 Å². The quantitative estimate of drug-likeness (QED) is 0.584. The number of nitrogens with two attached hydrogens (primary N) is 1. The molecule has 0 unspecified atom stereocenters. The zero-order chi connectivity index (χ0) is 7.84. The minimum Gasteiger partial charge on any atom is -0.321 e. The van der Waals surface area contributed by atoms with Gasteiger partial charge in [0.15, 0.2) is 0 Å². The van der Waals surface area contributed by atoms with E-state index in [1.807, 2.05) is 11.6 Å². The summed E-state index contributed by atoms with van der Waals surface area (Å²) in [5, 5.41) is 4.23. The molecule has 2 N–H and O–H groups in total. The first-order chi connectivity index (χ1) is 5.27. The lowest BCUT2D eigenvalue weighted by Gasteiger charge is -2.17. The molecule has 2 rings (SSSR count). The molecular weight excluding hydrogens is 140 g/mol. The lowest BCUT2D eigenvalue weighted by Crippen LogP contribution is -2.22. The predicted octanol–water partition coefficient (Wildman–Crippen LogP) is 0.380. The SMILES string of the molecule is Cc1nc2n(n1)CCC[C@H]2N. The highest BCUT2D eigenvalue weighted by Crippen LogP contribution is 2.19. The lowest BCUT2D eigenvalue weighted by atomic mass is 10.1. The molecule has 0 saturated heterocycles. The summed E-state index contributed by atoms with van der Waals surface area (Å²) < 4.78 is 1.92. The third kappa shape index (κ3) is 1.03. The van der Waals surface area contributed by atoms with E-state index in [2.05, 4.69) is 10.1 Å². The zero-order valence-corrected chi connectivity index (χ0v) is 6.62. The van der Waals surface area contributed by atoms with Crippen molar-refractivity contribution in [2.45, 2.75) is 32.4 Å². The first-order valence-electron chi connectivity index (χ1n) is 3.94. The van der Waals surface area contributed by atoms with E-state index >= 15 is 0 Å². The molecule has 0 fully saturated rings. The van der Waals surface area contributed by atoms with Gasteiger partial charge in [-0.15, -0.1) is 0 Å². The van der Waals surface area contributed by atoms with Gasteiger partial charge >= 0.3 is 0 Å². The molecule has 4 heteroatoms. The first-order valence-corrected chi connectivity index (χ1v) is 3.94. The molecule has 0 bridgehead atoms. The molecule has 0 aromatic carbocycles. The Morgan fingerprint density at radius 1 is 1.64 bits per heavy atom. The largest absolute Gasteiger partial charge is 0.321 e. The second-order valence-corrected chi connectivity index (χ2v) is 2.99. The summed E-state index contributed by atoms with van der Waals surface area (Å²) >= 11 is 0. The highest BCUT2D eigenvalue weighted by molar-refractivity contribution is 4.99. The van der Waals surface area contributed by atoms with E-state index in [0.29, 0.717) is 0 Å². The minimum atomic E-state index is 0.102. The molecular formula is C7H12N4. The van der Waals surface area contributed by atoms with Crippen LogP contribution in [0.2, 0.25) is 0 Å². The molecule has 60 valence electrons. The molecule has 11 heavy (non-hydrogen) atoms. The average molecular weight is 152 g/mol. The van der Waals surface area contributed by atoms with Crippen LogP contribution in [0.3, 0.4) is 0 Å². The van der Waals surface area contributed by atoms with Crippen molar-refractivity contribution < 1.29 is 0 Å². The Labute approximate surface area is 65.4 Å². The van der Waals surface area contributed by atoms with Gasteiger partial charge in [0, 0.05) is 6.54 Å². The fourth-order valence-corrected chi connectivity index (χ4v) is 1.50. The van der Waals surface area contributed by atoms with E-state index in [1.54, 1.807) is 0 Å². The van der Waals surface area contributed by atoms with Crippen molar-refractivity contribution in [3.8, 4) is 0 Å². The maximum atomic E-state index is 5.84. The number of hydrogen-bond donors (Lipinski definition) is 1. The zero-order valence-electron chi connectivity index (χ0n) is 6.62. The molecule has 1 atom stereocenters. The first kappa shape index (κ1) is 6.79. The third-order valence-corrected chi connectivity index (χ3v) is 2.02. The Morgan fingerprint density at radius 3 is 3.18 bits per heavy atom. The number of rotatable bonds is 0. The van der Waals surface area contributed by atoms with Crippen molar-refractivity contribution in [2.24, 2.45) is 5.73 Å². The van der Waals surface area contributed by atoms with Crippen molar-refractivity contribution in [1.82, 2.24) is 14.8 Å². The van der Waals surface area contributed by atoms with Crippen molar-refractivity contribution >= 4 is 0 Å². The Bertz CT molecular complexity index is 265. The molecule has 4 nitrogen and oxygen atoms in total. The van der Waals surface area contributed by atoms with Gasteiger partial charge in [-0.05, 0) is 19.8 Å². The monoisotopic (exact) mass is 152 g/mol. The van der Waals surface area contributed by atoms with Crippen LogP contribution in [0, 0.1) is 6.92 Å². The molecule has 0 saturated carbocycles. The molecule has 1 aliphatic rings. The van der Waals surface area contributed by atoms with Gasteiger partial charge in [-0.3, -0.25) is 0 Å². The topological polar surface area (TPSA) is 56.7 Å².